The van der Waals surface area contributed by atoms with Crippen LogP contribution >= 0.6 is 23.2 Å². The number of nitrogens with one attached hydrogen (secondary N) is 1. The summed E-state index contributed by atoms with van der Waals surface area (Å²) in [5, 5.41) is 14.1. The lowest BCUT2D eigenvalue weighted by Gasteiger charge is -2.07. The molecular formula is C15H12Cl2N2O3. The molecule has 0 saturated heterocycles. The highest BCUT2D eigenvalue weighted by Gasteiger charge is 2.06. The molecule has 0 heterocycles. The number of phenols is 1. The highest BCUT2D eigenvalue weighted by atomic mass is 35.5. The molecular weight excluding hydrogens is 327 g/mol. The van der Waals surface area contributed by atoms with Crippen LogP contribution in [0.15, 0.2) is 47.6 Å². The van der Waals surface area contributed by atoms with Gasteiger partial charge < -0.3 is 9.84 Å². The first-order chi connectivity index (χ1) is 10.6. The highest BCUT2D eigenvalue weighted by Crippen LogP contribution is 2.27. The molecule has 2 aromatic carbocycles. The van der Waals surface area contributed by atoms with E-state index in [1.807, 2.05) is 0 Å². The monoisotopic (exact) mass is 338 g/mol. The molecule has 2 rings (SSSR count). The fourth-order valence-electron chi connectivity index (χ4n) is 1.53. The normalized spacial score (nSPS) is 10.6. The molecule has 0 unspecified atom stereocenters. The maximum absolute atomic E-state index is 11.6. The summed E-state index contributed by atoms with van der Waals surface area (Å²) in [6.45, 7) is -0.266. The number of para-hydroxylation sites is 1. The Morgan fingerprint density at radius 3 is 2.82 bits per heavy atom. The topological polar surface area (TPSA) is 70.9 Å². The minimum atomic E-state index is -0.470. The number of nitrogens with zero attached hydrogens (tertiary/aromatic N) is 1. The van der Waals surface area contributed by atoms with Crippen molar-refractivity contribution in [2.75, 3.05) is 6.61 Å². The fraction of sp³-hybridized carbons (Fsp3) is 0.0667. The van der Waals surface area contributed by atoms with Gasteiger partial charge in [0, 0.05) is 16.7 Å². The number of ether oxygens (including phenoxy) is 1. The number of halogens is 2. The summed E-state index contributed by atoms with van der Waals surface area (Å²) in [6, 6.07) is 11.3. The molecule has 0 spiro atoms. The summed E-state index contributed by atoms with van der Waals surface area (Å²) in [7, 11) is 0. The maximum atomic E-state index is 11.6. The first kappa shape index (κ1) is 16.1. The largest absolute Gasteiger partial charge is 0.507 e. The molecule has 22 heavy (non-hydrogen) atoms. The van der Waals surface area contributed by atoms with Gasteiger partial charge in [0.05, 0.1) is 11.2 Å². The summed E-state index contributed by atoms with van der Waals surface area (Å²) in [4.78, 5) is 11.6. The molecule has 0 radical (unpaired) electrons. The van der Waals surface area contributed by atoms with Crippen molar-refractivity contribution in [3.63, 3.8) is 0 Å². The first-order valence-electron chi connectivity index (χ1n) is 6.24. The van der Waals surface area contributed by atoms with Crippen LogP contribution in [0.25, 0.3) is 0 Å². The van der Waals surface area contributed by atoms with Crippen molar-refractivity contribution >= 4 is 35.3 Å². The molecule has 2 N–H and O–H groups in total. The Balaban J connectivity index is 1.86. The van der Waals surface area contributed by atoms with Crippen molar-refractivity contribution in [1.82, 2.24) is 5.43 Å². The second kappa shape index (κ2) is 7.68. The fourth-order valence-corrected chi connectivity index (χ4v) is 1.87. The van der Waals surface area contributed by atoms with Crippen molar-refractivity contribution in [1.29, 1.82) is 0 Å². The standard InChI is InChI=1S/C15H12Cl2N2O3/c16-11-5-6-12(17)14(7-11)22-9-15(21)19-18-8-10-3-1-2-4-13(10)20/h1-8,20H,9H2,(H,19,21). The maximum Gasteiger partial charge on any atom is 0.277 e. The van der Waals surface area contributed by atoms with E-state index in [2.05, 4.69) is 10.5 Å². The summed E-state index contributed by atoms with van der Waals surface area (Å²) in [5.41, 5.74) is 2.77. The van der Waals surface area contributed by atoms with Crippen LogP contribution in [-0.4, -0.2) is 23.8 Å². The van der Waals surface area contributed by atoms with E-state index < -0.39 is 5.91 Å². The molecule has 0 atom stereocenters. The van der Waals surface area contributed by atoms with E-state index in [9.17, 15) is 9.90 Å². The van der Waals surface area contributed by atoms with Gasteiger partial charge in [-0.1, -0.05) is 35.3 Å². The summed E-state index contributed by atoms with van der Waals surface area (Å²) in [5.74, 6) is -0.0841. The highest BCUT2D eigenvalue weighted by molar-refractivity contribution is 6.34. The van der Waals surface area contributed by atoms with Gasteiger partial charge in [-0.05, 0) is 24.3 Å². The number of phenolic OH excluding ortho intramolecular Hbond substituents is 1. The number of amides is 1. The molecule has 0 aromatic heterocycles. The quantitative estimate of drug-likeness (QED) is 0.649. The summed E-state index contributed by atoms with van der Waals surface area (Å²) in [6.07, 6.45) is 1.33. The van der Waals surface area contributed by atoms with E-state index in [-0.39, 0.29) is 12.4 Å². The van der Waals surface area contributed by atoms with E-state index in [0.717, 1.165) is 0 Å². The van der Waals surface area contributed by atoms with Gasteiger partial charge in [0.1, 0.15) is 11.5 Å². The Labute approximate surface area is 137 Å². The van der Waals surface area contributed by atoms with Crippen LogP contribution in [0, 0.1) is 0 Å². The molecule has 0 saturated carbocycles. The van der Waals surface area contributed by atoms with Crippen LogP contribution in [-0.2, 0) is 4.79 Å². The predicted octanol–water partition coefficient (Wildman–Crippen LogP) is 3.23. The van der Waals surface area contributed by atoms with Gasteiger partial charge in [-0.3, -0.25) is 4.79 Å². The zero-order valence-corrected chi connectivity index (χ0v) is 12.8. The lowest BCUT2D eigenvalue weighted by molar-refractivity contribution is -0.123. The second-order valence-corrected chi connectivity index (χ2v) is 5.06. The molecule has 5 nitrogen and oxygen atoms in total. The molecule has 0 aliphatic rings. The number of hydrogen-bond donors (Lipinski definition) is 2. The number of hydrazone groups is 1. The number of carbonyl (C=O) groups excluding carboxylic acids is 1. The van der Waals surface area contributed by atoms with E-state index in [4.69, 9.17) is 27.9 Å². The Bertz CT molecular complexity index is 705. The van der Waals surface area contributed by atoms with Gasteiger partial charge in [-0.2, -0.15) is 5.10 Å². The van der Waals surface area contributed by atoms with Crippen molar-refractivity contribution in [2.24, 2.45) is 5.10 Å². The third-order valence-electron chi connectivity index (χ3n) is 2.58. The third kappa shape index (κ3) is 4.65. The van der Waals surface area contributed by atoms with Crippen molar-refractivity contribution in [3.8, 4) is 11.5 Å². The number of hydrogen-bond acceptors (Lipinski definition) is 4. The van der Waals surface area contributed by atoms with Gasteiger partial charge >= 0.3 is 0 Å². The van der Waals surface area contributed by atoms with Crippen LogP contribution in [0.2, 0.25) is 10.0 Å². The van der Waals surface area contributed by atoms with Crippen molar-refractivity contribution in [2.45, 2.75) is 0 Å². The minimum absolute atomic E-state index is 0.0717. The Morgan fingerprint density at radius 2 is 2.05 bits per heavy atom. The van der Waals surface area contributed by atoms with E-state index >= 15 is 0 Å². The number of rotatable bonds is 5. The molecule has 0 fully saturated rings. The Hall–Kier alpha value is -2.24. The minimum Gasteiger partial charge on any atom is -0.507 e. The lowest BCUT2D eigenvalue weighted by Crippen LogP contribution is -2.24. The van der Waals surface area contributed by atoms with Crippen molar-refractivity contribution in [3.05, 3.63) is 58.1 Å². The molecule has 0 aliphatic carbocycles. The number of benzene rings is 2. The predicted molar refractivity (Wildman–Crippen MR) is 85.8 cm³/mol. The van der Waals surface area contributed by atoms with Crippen LogP contribution in [0.1, 0.15) is 5.56 Å². The Morgan fingerprint density at radius 1 is 1.27 bits per heavy atom. The van der Waals surface area contributed by atoms with Gasteiger partial charge in [0.2, 0.25) is 0 Å². The van der Waals surface area contributed by atoms with E-state index in [0.29, 0.717) is 21.4 Å². The lowest BCUT2D eigenvalue weighted by atomic mass is 10.2. The molecule has 7 heteroatoms. The molecule has 2 aromatic rings. The summed E-state index contributed by atoms with van der Waals surface area (Å²) < 4.78 is 5.25. The molecule has 0 aliphatic heterocycles. The Kier molecular flexibility index (Phi) is 5.63. The summed E-state index contributed by atoms with van der Waals surface area (Å²) >= 11 is 11.7. The van der Waals surface area contributed by atoms with Gasteiger partial charge in [-0.25, -0.2) is 5.43 Å². The SMILES string of the molecule is O=C(COc1cc(Cl)ccc1Cl)NN=Cc1ccccc1O. The number of aromatic hydroxyl groups is 1. The smallest absolute Gasteiger partial charge is 0.277 e. The zero-order chi connectivity index (χ0) is 15.9. The van der Waals surface area contributed by atoms with E-state index in [1.54, 1.807) is 30.3 Å². The second-order valence-electron chi connectivity index (χ2n) is 4.22. The first-order valence-corrected chi connectivity index (χ1v) is 6.99. The molecule has 114 valence electrons. The average Bonchev–Trinajstić information content (AvgIpc) is 2.50. The molecule has 0 bridgehead atoms. The van der Waals surface area contributed by atoms with Crippen LogP contribution in [0.5, 0.6) is 11.5 Å². The number of carbonyl (C=O) groups is 1. The van der Waals surface area contributed by atoms with Gasteiger partial charge in [0.15, 0.2) is 6.61 Å². The van der Waals surface area contributed by atoms with Gasteiger partial charge in [0.25, 0.3) is 5.91 Å². The average molecular weight is 339 g/mol. The van der Waals surface area contributed by atoms with Gasteiger partial charge in [-0.15, -0.1) is 0 Å². The van der Waals surface area contributed by atoms with Crippen LogP contribution < -0.4 is 10.2 Å². The third-order valence-corrected chi connectivity index (χ3v) is 3.13. The zero-order valence-electron chi connectivity index (χ0n) is 11.3. The van der Waals surface area contributed by atoms with Crippen molar-refractivity contribution < 1.29 is 14.6 Å². The molecule has 1 amide bonds. The van der Waals surface area contributed by atoms with Crippen LogP contribution in [0.4, 0.5) is 0 Å². The van der Waals surface area contributed by atoms with Crippen LogP contribution in [0.3, 0.4) is 0 Å². The van der Waals surface area contributed by atoms with E-state index in [1.165, 1.54) is 18.3 Å².